The average Bonchev–Trinajstić information content (AvgIpc) is 2.68. The number of nitrogens with one attached hydrogen (secondary N) is 2. The molecule has 0 unspecified atom stereocenters. The van der Waals surface area contributed by atoms with Crippen LogP contribution in [0.25, 0.3) is 0 Å². The van der Waals surface area contributed by atoms with Gasteiger partial charge in [-0.2, -0.15) is 0 Å². The maximum atomic E-state index is 12.1. The molecule has 1 amide bonds. The highest BCUT2D eigenvalue weighted by Crippen LogP contribution is 2.12. The molecule has 7 nitrogen and oxygen atoms in total. The van der Waals surface area contributed by atoms with Crippen molar-refractivity contribution in [3.05, 3.63) is 58.6 Å². The van der Waals surface area contributed by atoms with Gasteiger partial charge in [0.05, 0.1) is 26.2 Å². The van der Waals surface area contributed by atoms with Gasteiger partial charge in [-0.1, -0.05) is 18.2 Å². The zero-order valence-corrected chi connectivity index (χ0v) is 14.9. The second-order valence-electron chi connectivity index (χ2n) is 6.29. The van der Waals surface area contributed by atoms with Crippen LogP contribution in [0.4, 0.5) is 5.69 Å². The maximum absolute atomic E-state index is 12.1. The number of para-hydroxylation sites is 1. The van der Waals surface area contributed by atoms with Crippen LogP contribution in [0, 0.1) is 0 Å². The van der Waals surface area contributed by atoms with Crippen molar-refractivity contribution in [2.45, 2.75) is 6.54 Å². The molecule has 2 aromatic rings. The molecule has 1 aliphatic rings. The third kappa shape index (κ3) is 4.64. The molecule has 1 aliphatic heterocycles. The van der Waals surface area contributed by atoms with E-state index in [1.54, 1.807) is 0 Å². The number of carbonyl (C=O) groups is 1. The summed E-state index contributed by atoms with van der Waals surface area (Å²) in [4.78, 5) is 27.0. The number of amides is 1. The van der Waals surface area contributed by atoms with E-state index >= 15 is 0 Å². The predicted molar refractivity (Wildman–Crippen MR) is 97.6 cm³/mol. The van der Waals surface area contributed by atoms with Crippen LogP contribution in [0.5, 0.6) is 5.75 Å². The fourth-order valence-corrected chi connectivity index (χ4v) is 3.00. The molecule has 0 bridgehead atoms. The molecule has 2 heterocycles. The summed E-state index contributed by atoms with van der Waals surface area (Å²) in [6, 6.07) is 11.8. The number of piperazine rings is 1. The first-order chi connectivity index (χ1) is 12.7. The Morgan fingerprint density at radius 3 is 2.65 bits per heavy atom. The van der Waals surface area contributed by atoms with E-state index in [9.17, 15) is 9.59 Å². The highest BCUT2D eigenvalue weighted by molar-refractivity contribution is 5.77. The van der Waals surface area contributed by atoms with E-state index in [0.29, 0.717) is 12.3 Å². The van der Waals surface area contributed by atoms with Gasteiger partial charge >= 0.3 is 0 Å². The van der Waals surface area contributed by atoms with Gasteiger partial charge in [-0.25, -0.2) is 0 Å². The first kappa shape index (κ1) is 18.0. The fourth-order valence-electron chi connectivity index (χ4n) is 3.00. The monoisotopic (exact) mass is 358 g/mol. The van der Waals surface area contributed by atoms with E-state index in [4.69, 9.17) is 9.15 Å². The second kappa shape index (κ2) is 8.53. The van der Waals surface area contributed by atoms with Gasteiger partial charge in [0.15, 0.2) is 12.4 Å². The van der Waals surface area contributed by atoms with Gasteiger partial charge in [-0.15, -0.1) is 0 Å². The van der Waals surface area contributed by atoms with Crippen molar-refractivity contribution in [3.8, 4) is 5.75 Å². The van der Waals surface area contributed by atoms with Crippen molar-refractivity contribution in [2.24, 2.45) is 0 Å². The Kier molecular flexibility index (Phi) is 5.91. The lowest BCUT2D eigenvalue weighted by atomic mass is 10.2. The Bertz CT molecular complexity index is 783. The third-order valence-corrected chi connectivity index (χ3v) is 4.51. The van der Waals surface area contributed by atoms with Crippen LogP contribution in [0.1, 0.15) is 5.76 Å². The Morgan fingerprint density at radius 1 is 1.27 bits per heavy atom. The Labute approximate surface area is 152 Å². The molecule has 1 aromatic carbocycles. The number of rotatable bonds is 6. The standard InChI is InChI=1S/C19H23N3O4/c1-20-19(24)14-26-18-13-25-16(11-17(18)23)12-21-7-9-22(10-8-21)15-5-3-2-4-6-15/h2-6,11,13H,7-10,12,14H2,1H3,(H,20,24)/p+1. The molecule has 26 heavy (non-hydrogen) atoms. The van der Waals surface area contributed by atoms with Crippen molar-refractivity contribution >= 4 is 11.6 Å². The van der Waals surface area contributed by atoms with Crippen LogP contribution in [-0.2, 0) is 11.3 Å². The van der Waals surface area contributed by atoms with Crippen LogP contribution in [-0.4, -0.2) is 45.7 Å². The topological polar surface area (TPSA) is 76.2 Å². The molecule has 3 rings (SSSR count). The average molecular weight is 358 g/mol. The summed E-state index contributed by atoms with van der Waals surface area (Å²) in [7, 11) is 1.51. The van der Waals surface area contributed by atoms with Crippen LogP contribution < -0.4 is 25.3 Å². The lowest BCUT2D eigenvalue weighted by Gasteiger charge is -2.33. The molecular weight excluding hydrogens is 334 g/mol. The molecule has 0 aliphatic carbocycles. The van der Waals surface area contributed by atoms with E-state index in [2.05, 4.69) is 34.5 Å². The number of hydrogen-bond acceptors (Lipinski definition) is 5. The molecule has 0 spiro atoms. The van der Waals surface area contributed by atoms with Crippen LogP contribution in [0.15, 0.2) is 51.9 Å². The minimum Gasteiger partial charge on any atom is -0.477 e. The summed E-state index contributed by atoms with van der Waals surface area (Å²) in [5.41, 5.74) is 0.980. The van der Waals surface area contributed by atoms with E-state index in [1.807, 2.05) is 6.07 Å². The second-order valence-corrected chi connectivity index (χ2v) is 6.29. The molecular formula is C19H24N3O4+. The molecule has 0 radical (unpaired) electrons. The Hall–Kier alpha value is -2.80. The normalized spacial score (nSPS) is 14.9. The zero-order chi connectivity index (χ0) is 18.4. The number of likely N-dealkylation sites (N-methyl/N-ethyl adjacent to an activating group) is 1. The van der Waals surface area contributed by atoms with Crippen molar-refractivity contribution in [1.82, 2.24) is 5.32 Å². The van der Waals surface area contributed by atoms with Crippen molar-refractivity contribution in [1.29, 1.82) is 0 Å². The highest BCUT2D eigenvalue weighted by atomic mass is 16.5. The number of carbonyl (C=O) groups excluding carboxylic acids is 1. The summed E-state index contributed by atoms with van der Waals surface area (Å²) in [6.07, 6.45) is 1.29. The van der Waals surface area contributed by atoms with Gasteiger partial charge in [0.25, 0.3) is 5.91 Å². The molecule has 138 valence electrons. The minimum absolute atomic E-state index is 0.0567. The first-order valence-corrected chi connectivity index (χ1v) is 8.74. The predicted octanol–water partition coefficient (Wildman–Crippen LogP) is -0.330. The van der Waals surface area contributed by atoms with Crippen molar-refractivity contribution in [3.63, 3.8) is 0 Å². The van der Waals surface area contributed by atoms with Crippen LogP contribution in [0.3, 0.4) is 0 Å². The number of hydrogen-bond donors (Lipinski definition) is 2. The van der Waals surface area contributed by atoms with E-state index in [0.717, 1.165) is 26.2 Å². The molecule has 2 N–H and O–H groups in total. The summed E-state index contributed by atoms with van der Waals surface area (Å²) >= 11 is 0. The Balaban J connectivity index is 1.53. The summed E-state index contributed by atoms with van der Waals surface area (Å²) in [6.45, 7) is 4.36. The summed E-state index contributed by atoms with van der Waals surface area (Å²) < 4.78 is 10.7. The molecule has 1 aromatic heterocycles. The lowest BCUT2D eigenvalue weighted by Crippen LogP contribution is -3.13. The van der Waals surface area contributed by atoms with Gasteiger partial charge in [0.2, 0.25) is 11.2 Å². The van der Waals surface area contributed by atoms with E-state index in [1.165, 1.54) is 30.0 Å². The largest absolute Gasteiger partial charge is 0.477 e. The van der Waals surface area contributed by atoms with E-state index < -0.39 is 0 Å². The number of ether oxygens (including phenoxy) is 1. The molecule has 0 atom stereocenters. The van der Waals surface area contributed by atoms with E-state index in [-0.39, 0.29) is 23.7 Å². The number of nitrogens with zero attached hydrogens (tertiary/aromatic N) is 1. The van der Waals surface area contributed by atoms with Gasteiger partial charge in [0.1, 0.15) is 12.8 Å². The third-order valence-electron chi connectivity index (χ3n) is 4.51. The molecule has 0 saturated carbocycles. The van der Waals surface area contributed by atoms with Gasteiger partial charge in [0, 0.05) is 18.8 Å². The van der Waals surface area contributed by atoms with Gasteiger partial charge in [-0.05, 0) is 12.1 Å². The smallest absolute Gasteiger partial charge is 0.257 e. The molecule has 7 heteroatoms. The highest BCUT2D eigenvalue weighted by Gasteiger charge is 2.21. The van der Waals surface area contributed by atoms with Crippen LogP contribution >= 0.6 is 0 Å². The maximum Gasteiger partial charge on any atom is 0.257 e. The van der Waals surface area contributed by atoms with Gasteiger partial charge in [-0.3, -0.25) is 9.59 Å². The zero-order valence-electron chi connectivity index (χ0n) is 14.9. The molecule has 1 fully saturated rings. The quantitative estimate of drug-likeness (QED) is 0.740. The summed E-state index contributed by atoms with van der Waals surface area (Å²) in [5, 5.41) is 2.43. The summed E-state index contributed by atoms with van der Waals surface area (Å²) in [5.74, 6) is 0.390. The SMILES string of the molecule is CNC(=O)COc1coc(C[NH+]2CCN(c3ccccc3)CC2)cc1=O. The van der Waals surface area contributed by atoms with Crippen molar-refractivity contribution < 1.29 is 18.8 Å². The minimum atomic E-state index is -0.297. The number of anilines is 1. The van der Waals surface area contributed by atoms with Crippen LogP contribution in [0.2, 0.25) is 0 Å². The lowest BCUT2D eigenvalue weighted by molar-refractivity contribution is -0.915. The molecule has 1 saturated heterocycles. The van der Waals surface area contributed by atoms with Crippen molar-refractivity contribution in [2.75, 3.05) is 44.7 Å². The number of quaternary nitrogens is 1. The first-order valence-electron chi connectivity index (χ1n) is 8.74. The van der Waals surface area contributed by atoms with Gasteiger partial charge < -0.3 is 24.3 Å². The fraction of sp³-hybridized carbons (Fsp3) is 0.368. The Morgan fingerprint density at radius 2 is 2.00 bits per heavy atom. The number of benzene rings is 1.